The standard InChI is InChI=1S/C13H19ClN2O4S/c1-20-13-6-5-10(8-12(13)14)15-21(18,19)16-7-3-2-4-11(16)9-17/h5-6,8,11,15,17H,2-4,7,9H2,1H3. The fraction of sp³-hybridized carbons (Fsp3) is 0.538. The van der Waals surface area contributed by atoms with Gasteiger partial charge < -0.3 is 9.84 Å². The Morgan fingerprint density at radius 1 is 1.48 bits per heavy atom. The Balaban J connectivity index is 2.18. The summed E-state index contributed by atoms with van der Waals surface area (Å²) in [5, 5.41) is 9.66. The third kappa shape index (κ3) is 3.79. The monoisotopic (exact) mass is 334 g/mol. The van der Waals surface area contributed by atoms with Gasteiger partial charge >= 0.3 is 10.2 Å². The van der Waals surface area contributed by atoms with Crippen LogP contribution < -0.4 is 9.46 Å². The van der Waals surface area contributed by atoms with Gasteiger partial charge in [0.05, 0.1) is 24.4 Å². The molecule has 0 amide bonds. The second-order valence-electron chi connectivity index (χ2n) is 4.90. The van der Waals surface area contributed by atoms with Crippen molar-refractivity contribution in [3.8, 4) is 5.75 Å². The van der Waals surface area contributed by atoms with Crippen molar-refractivity contribution in [2.24, 2.45) is 0 Å². The molecule has 1 atom stereocenters. The maximum atomic E-state index is 12.4. The first kappa shape index (κ1) is 16.4. The molecule has 0 aromatic heterocycles. The minimum atomic E-state index is -3.71. The van der Waals surface area contributed by atoms with Crippen LogP contribution in [0.4, 0.5) is 5.69 Å². The fourth-order valence-corrected chi connectivity index (χ4v) is 4.14. The van der Waals surface area contributed by atoms with E-state index in [-0.39, 0.29) is 12.6 Å². The van der Waals surface area contributed by atoms with Crippen molar-refractivity contribution >= 4 is 27.5 Å². The lowest BCUT2D eigenvalue weighted by atomic mass is 10.1. The van der Waals surface area contributed by atoms with Crippen molar-refractivity contribution in [1.29, 1.82) is 0 Å². The van der Waals surface area contributed by atoms with Gasteiger partial charge in [-0.1, -0.05) is 18.0 Å². The lowest BCUT2D eigenvalue weighted by Gasteiger charge is -2.33. The first-order chi connectivity index (χ1) is 9.97. The summed E-state index contributed by atoms with van der Waals surface area (Å²) in [6.45, 7) is 0.231. The molecule has 0 saturated carbocycles. The van der Waals surface area contributed by atoms with E-state index in [0.29, 0.717) is 29.4 Å². The SMILES string of the molecule is COc1ccc(NS(=O)(=O)N2CCCCC2CO)cc1Cl. The molecule has 21 heavy (non-hydrogen) atoms. The molecule has 1 unspecified atom stereocenters. The highest BCUT2D eigenvalue weighted by atomic mass is 35.5. The minimum absolute atomic E-state index is 0.176. The molecule has 0 aliphatic carbocycles. The van der Waals surface area contributed by atoms with Crippen LogP contribution in [0.15, 0.2) is 18.2 Å². The van der Waals surface area contributed by atoms with E-state index in [2.05, 4.69) is 4.72 Å². The zero-order valence-corrected chi connectivity index (χ0v) is 13.3. The maximum Gasteiger partial charge on any atom is 0.301 e. The molecule has 1 heterocycles. The normalized spacial score (nSPS) is 20.2. The maximum absolute atomic E-state index is 12.4. The summed E-state index contributed by atoms with van der Waals surface area (Å²) in [5.74, 6) is 0.478. The van der Waals surface area contributed by atoms with Crippen LogP contribution in [-0.4, -0.2) is 44.1 Å². The van der Waals surface area contributed by atoms with Gasteiger partial charge in [0.15, 0.2) is 0 Å². The number of methoxy groups -OCH3 is 1. The van der Waals surface area contributed by atoms with E-state index in [9.17, 15) is 13.5 Å². The Hall–Kier alpha value is -1.02. The van der Waals surface area contributed by atoms with Gasteiger partial charge in [0.1, 0.15) is 5.75 Å². The molecule has 118 valence electrons. The molecule has 1 aliphatic rings. The summed E-state index contributed by atoms with van der Waals surface area (Å²) in [6, 6.07) is 4.31. The van der Waals surface area contributed by atoms with Crippen LogP contribution in [-0.2, 0) is 10.2 Å². The number of anilines is 1. The molecule has 0 radical (unpaired) electrons. The lowest BCUT2D eigenvalue weighted by Crippen LogP contribution is -2.47. The van der Waals surface area contributed by atoms with Crippen molar-refractivity contribution in [2.45, 2.75) is 25.3 Å². The number of halogens is 1. The van der Waals surface area contributed by atoms with Gasteiger partial charge in [-0.25, -0.2) is 0 Å². The van der Waals surface area contributed by atoms with Crippen molar-refractivity contribution in [3.05, 3.63) is 23.2 Å². The first-order valence-corrected chi connectivity index (χ1v) is 8.53. The van der Waals surface area contributed by atoms with E-state index >= 15 is 0 Å². The fourth-order valence-electron chi connectivity index (χ4n) is 2.41. The van der Waals surface area contributed by atoms with E-state index in [4.69, 9.17) is 16.3 Å². The topological polar surface area (TPSA) is 78.9 Å². The minimum Gasteiger partial charge on any atom is -0.495 e. The van der Waals surface area contributed by atoms with Crippen LogP contribution in [0.2, 0.25) is 5.02 Å². The number of hydrogen-bond acceptors (Lipinski definition) is 4. The number of rotatable bonds is 5. The number of nitrogens with zero attached hydrogens (tertiary/aromatic N) is 1. The highest BCUT2D eigenvalue weighted by molar-refractivity contribution is 7.90. The summed E-state index contributed by atoms with van der Waals surface area (Å²) >= 11 is 5.99. The predicted octanol–water partition coefficient (Wildman–Crippen LogP) is 1.85. The van der Waals surface area contributed by atoms with Gasteiger partial charge in [-0.3, -0.25) is 4.72 Å². The zero-order valence-electron chi connectivity index (χ0n) is 11.8. The van der Waals surface area contributed by atoms with Gasteiger partial charge in [0, 0.05) is 12.6 Å². The second-order valence-corrected chi connectivity index (χ2v) is 6.93. The van der Waals surface area contributed by atoms with Crippen molar-refractivity contribution < 1.29 is 18.3 Å². The molecule has 1 aromatic carbocycles. The van der Waals surface area contributed by atoms with Crippen LogP contribution in [0.1, 0.15) is 19.3 Å². The Morgan fingerprint density at radius 3 is 2.86 bits per heavy atom. The summed E-state index contributed by atoms with van der Waals surface area (Å²) in [4.78, 5) is 0. The molecule has 2 rings (SSSR count). The van der Waals surface area contributed by atoms with Gasteiger partial charge in [-0.15, -0.1) is 0 Å². The van der Waals surface area contributed by atoms with Crippen LogP contribution in [0, 0.1) is 0 Å². The van der Waals surface area contributed by atoms with Gasteiger partial charge in [-0.05, 0) is 31.0 Å². The number of benzene rings is 1. The number of aliphatic hydroxyl groups excluding tert-OH is 1. The van der Waals surface area contributed by atoms with Crippen LogP contribution in [0.5, 0.6) is 5.75 Å². The van der Waals surface area contributed by atoms with E-state index in [1.807, 2.05) is 0 Å². The van der Waals surface area contributed by atoms with Gasteiger partial charge in [0.2, 0.25) is 0 Å². The lowest BCUT2D eigenvalue weighted by molar-refractivity contribution is 0.156. The molecule has 1 saturated heterocycles. The summed E-state index contributed by atoms with van der Waals surface area (Å²) in [6.07, 6.45) is 2.38. The summed E-state index contributed by atoms with van der Waals surface area (Å²) in [5.41, 5.74) is 0.364. The Kier molecular flexibility index (Phi) is 5.32. The zero-order chi connectivity index (χ0) is 15.5. The molecule has 0 bridgehead atoms. The Labute approximate surface area is 129 Å². The molecule has 8 heteroatoms. The van der Waals surface area contributed by atoms with E-state index in [0.717, 1.165) is 12.8 Å². The third-order valence-electron chi connectivity index (χ3n) is 3.49. The number of piperidine rings is 1. The smallest absolute Gasteiger partial charge is 0.301 e. The largest absolute Gasteiger partial charge is 0.495 e. The first-order valence-electron chi connectivity index (χ1n) is 6.72. The molecular formula is C13H19ClN2O4S. The average molecular weight is 335 g/mol. The number of ether oxygens (including phenoxy) is 1. The van der Waals surface area contributed by atoms with Crippen molar-refractivity contribution in [3.63, 3.8) is 0 Å². The summed E-state index contributed by atoms with van der Waals surface area (Å²) < 4.78 is 33.7. The third-order valence-corrected chi connectivity index (χ3v) is 5.38. The highest BCUT2D eigenvalue weighted by Gasteiger charge is 2.31. The Bertz CT molecular complexity index is 594. The predicted molar refractivity (Wildman–Crippen MR) is 82.0 cm³/mol. The molecule has 1 aromatic rings. The molecule has 6 nitrogen and oxygen atoms in total. The van der Waals surface area contributed by atoms with Gasteiger partial charge in [0.25, 0.3) is 0 Å². The average Bonchev–Trinajstić information content (AvgIpc) is 2.47. The molecular weight excluding hydrogens is 316 g/mol. The van der Waals surface area contributed by atoms with E-state index < -0.39 is 10.2 Å². The molecule has 1 aliphatic heterocycles. The summed E-state index contributed by atoms with van der Waals surface area (Å²) in [7, 11) is -2.22. The van der Waals surface area contributed by atoms with E-state index in [1.54, 1.807) is 12.1 Å². The number of hydrogen-bond donors (Lipinski definition) is 2. The molecule has 2 N–H and O–H groups in total. The van der Waals surface area contributed by atoms with Crippen molar-refractivity contribution in [2.75, 3.05) is 25.0 Å². The van der Waals surface area contributed by atoms with E-state index in [1.165, 1.54) is 17.5 Å². The second kappa shape index (κ2) is 6.83. The van der Waals surface area contributed by atoms with Crippen LogP contribution >= 0.6 is 11.6 Å². The quantitative estimate of drug-likeness (QED) is 0.861. The molecule has 1 fully saturated rings. The van der Waals surface area contributed by atoms with Crippen molar-refractivity contribution in [1.82, 2.24) is 4.31 Å². The number of nitrogens with one attached hydrogen (secondary N) is 1. The number of aliphatic hydroxyl groups is 1. The van der Waals surface area contributed by atoms with Crippen LogP contribution in [0.25, 0.3) is 0 Å². The van der Waals surface area contributed by atoms with Crippen LogP contribution in [0.3, 0.4) is 0 Å². The molecule has 0 spiro atoms. The Morgan fingerprint density at radius 2 is 2.24 bits per heavy atom. The van der Waals surface area contributed by atoms with Gasteiger partial charge in [-0.2, -0.15) is 12.7 Å². The highest BCUT2D eigenvalue weighted by Crippen LogP contribution is 2.28.